The minimum absolute atomic E-state index is 0.111. The molecule has 0 saturated heterocycles. The lowest BCUT2D eigenvalue weighted by Gasteiger charge is -2.22. The number of amides is 1. The molecule has 1 amide bonds. The van der Waals surface area contributed by atoms with Gasteiger partial charge in [0.1, 0.15) is 0 Å². The molecule has 7 heteroatoms. The Labute approximate surface area is 158 Å². The van der Waals surface area contributed by atoms with Crippen molar-refractivity contribution in [3.8, 4) is 0 Å². The summed E-state index contributed by atoms with van der Waals surface area (Å²) in [4.78, 5) is 12.9. The number of fused-ring (bicyclic) bond motifs is 1. The number of anilines is 1. The van der Waals surface area contributed by atoms with Gasteiger partial charge in [-0.05, 0) is 43.5 Å². The van der Waals surface area contributed by atoms with Crippen molar-refractivity contribution in [2.45, 2.75) is 47.8 Å². The molecule has 3 rings (SSSR count). The van der Waals surface area contributed by atoms with E-state index in [2.05, 4.69) is 10.0 Å². The molecule has 2 N–H and O–H groups in total. The number of thioether (sulfide) groups is 1. The van der Waals surface area contributed by atoms with Crippen LogP contribution >= 0.6 is 11.8 Å². The van der Waals surface area contributed by atoms with Crippen LogP contribution < -0.4 is 10.0 Å². The van der Waals surface area contributed by atoms with Crippen molar-refractivity contribution >= 4 is 33.4 Å². The zero-order valence-electron chi connectivity index (χ0n) is 14.7. The maximum absolute atomic E-state index is 12.8. The summed E-state index contributed by atoms with van der Waals surface area (Å²) >= 11 is 1.43. The fourth-order valence-electron chi connectivity index (χ4n) is 2.81. The molecule has 0 aromatic heterocycles. The minimum Gasteiger partial charge on any atom is -0.324 e. The molecule has 0 aliphatic carbocycles. The lowest BCUT2D eigenvalue weighted by Crippen LogP contribution is -2.36. The van der Waals surface area contributed by atoms with E-state index in [9.17, 15) is 13.2 Å². The van der Waals surface area contributed by atoms with Crippen LogP contribution in [0, 0.1) is 0 Å². The maximum atomic E-state index is 12.8. The van der Waals surface area contributed by atoms with Crippen molar-refractivity contribution in [2.75, 3.05) is 5.32 Å². The topological polar surface area (TPSA) is 75.3 Å². The molecule has 0 radical (unpaired) electrons. The smallest absolute Gasteiger partial charge is 0.240 e. The Morgan fingerprint density at radius 1 is 1.19 bits per heavy atom. The van der Waals surface area contributed by atoms with E-state index >= 15 is 0 Å². The SMILES string of the molecule is CC[C@H](Cc1ccccc1)NS(=O)(=O)c1ccc2c(c1)NC(=O)[C@H](C)S2. The van der Waals surface area contributed by atoms with E-state index in [0.29, 0.717) is 18.5 Å². The van der Waals surface area contributed by atoms with E-state index in [1.807, 2.05) is 44.2 Å². The summed E-state index contributed by atoms with van der Waals surface area (Å²) in [6, 6.07) is 14.5. The van der Waals surface area contributed by atoms with Crippen LogP contribution in [0.15, 0.2) is 58.3 Å². The molecule has 26 heavy (non-hydrogen) atoms. The van der Waals surface area contributed by atoms with Gasteiger partial charge in [-0.15, -0.1) is 11.8 Å². The van der Waals surface area contributed by atoms with Gasteiger partial charge in [-0.2, -0.15) is 0 Å². The molecule has 2 aromatic carbocycles. The fourth-order valence-corrected chi connectivity index (χ4v) is 5.09. The van der Waals surface area contributed by atoms with Crippen molar-refractivity contribution in [3.63, 3.8) is 0 Å². The van der Waals surface area contributed by atoms with Crippen LogP contribution in [-0.2, 0) is 21.2 Å². The lowest BCUT2D eigenvalue weighted by atomic mass is 10.1. The summed E-state index contributed by atoms with van der Waals surface area (Å²) in [5, 5.41) is 2.60. The highest BCUT2D eigenvalue weighted by Gasteiger charge is 2.26. The van der Waals surface area contributed by atoms with Gasteiger partial charge in [0.2, 0.25) is 15.9 Å². The molecule has 0 bridgehead atoms. The van der Waals surface area contributed by atoms with Gasteiger partial charge >= 0.3 is 0 Å². The Hall–Kier alpha value is -1.83. The van der Waals surface area contributed by atoms with Crippen LogP contribution in [0.1, 0.15) is 25.8 Å². The van der Waals surface area contributed by atoms with Crippen LogP contribution in [0.4, 0.5) is 5.69 Å². The van der Waals surface area contributed by atoms with Gasteiger partial charge in [0.15, 0.2) is 0 Å². The first-order valence-electron chi connectivity index (χ1n) is 8.57. The Morgan fingerprint density at radius 3 is 2.62 bits per heavy atom. The van der Waals surface area contributed by atoms with Gasteiger partial charge in [-0.3, -0.25) is 4.79 Å². The molecule has 0 spiro atoms. The van der Waals surface area contributed by atoms with Gasteiger partial charge in [0.25, 0.3) is 0 Å². The second-order valence-electron chi connectivity index (χ2n) is 6.32. The number of nitrogens with one attached hydrogen (secondary N) is 2. The number of hydrogen-bond acceptors (Lipinski definition) is 4. The molecule has 0 saturated carbocycles. The highest BCUT2D eigenvalue weighted by Crippen LogP contribution is 2.36. The summed E-state index contributed by atoms with van der Waals surface area (Å²) in [5.41, 5.74) is 1.64. The Kier molecular flexibility index (Phi) is 5.70. The molecular weight excluding hydrogens is 368 g/mol. The average molecular weight is 391 g/mol. The number of hydrogen-bond donors (Lipinski definition) is 2. The van der Waals surface area contributed by atoms with Crippen LogP contribution in [0.25, 0.3) is 0 Å². The largest absolute Gasteiger partial charge is 0.324 e. The molecular formula is C19H22N2O3S2. The number of benzene rings is 2. The van der Waals surface area contributed by atoms with Crippen LogP contribution in [0.3, 0.4) is 0 Å². The number of carbonyl (C=O) groups excluding carboxylic acids is 1. The van der Waals surface area contributed by atoms with Crippen molar-refractivity contribution < 1.29 is 13.2 Å². The third kappa shape index (κ3) is 4.28. The second-order valence-corrected chi connectivity index (χ2v) is 9.42. The molecule has 0 fully saturated rings. The van der Waals surface area contributed by atoms with Gasteiger partial charge in [0.05, 0.1) is 15.8 Å². The first kappa shape index (κ1) is 18.9. The number of sulfonamides is 1. The zero-order chi connectivity index (χ0) is 18.7. The van der Waals surface area contributed by atoms with Gasteiger partial charge in [0, 0.05) is 10.9 Å². The lowest BCUT2D eigenvalue weighted by molar-refractivity contribution is -0.115. The summed E-state index contributed by atoms with van der Waals surface area (Å²) < 4.78 is 28.4. The summed E-state index contributed by atoms with van der Waals surface area (Å²) in [6.07, 6.45) is 1.31. The highest BCUT2D eigenvalue weighted by molar-refractivity contribution is 8.01. The van der Waals surface area contributed by atoms with Crippen molar-refractivity contribution in [1.29, 1.82) is 0 Å². The van der Waals surface area contributed by atoms with Crippen LogP contribution in [0.2, 0.25) is 0 Å². The average Bonchev–Trinajstić information content (AvgIpc) is 2.62. The minimum atomic E-state index is -3.67. The first-order valence-corrected chi connectivity index (χ1v) is 10.9. The van der Waals surface area contributed by atoms with Gasteiger partial charge in [-0.1, -0.05) is 37.3 Å². The van der Waals surface area contributed by atoms with Gasteiger partial charge < -0.3 is 5.32 Å². The van der Waals surface area contributed by atoms with E-state index in [1.165, 1.54) is 17.8 Å². The molecule has 5 nitrogen and oxygen atoms in total. The summed E-state index contributed by atoms with van der Waals surface area (Å²) in [7, 11) is -3.67. The van der Waals surface area contributed by atoms with Crippen LogP contribution in [-0.4, -0.2) is 25.6 Å². The standard InChI is InChI=1S/C19H22N2O3S2/c1-3-15(11-14-7-5-4-6-8-14)21-26(23,24)16-9-10-18-17(12-16)20-19(22)13(2)25-18/h4-10,12-13,15,21H,3,11H2,1-2H3,(H,20,22)/t13-,15+/m0/s1. The Balaban J connectivity index is 1.79. The normalized spacial score (nSPS) is 18.1. The van der Waals surface area contributed by atoms with E-state index in [-0.39, 0.29) is 22.1 Å². The molecule has 2 aromatic rings. The van der Waals surface area contributed by atoms with Crippen LogP contribution in [0.5, 0.6) is 0 Å². The second kappa shape index (κ2) is 7.82. The monoisotopic (exact) mass is 390 g/mol. The fraction of sp³-hybridized carbons (Fsp3) is 0.316. The third-order valence-corrected chi connectivity index (χ3v) is 7.03. The predicted octanol–water partition coefficient (Wildman–Crippen LogP) is 3.42. The molecule has 1 heterocycles. The first-order chi connectivity index (χ1) is 12.4. The van der Waals surface area contributed by atoms with E-state index in [0.717, 1.165) is 10.5 Å². The van der Waals surface area contributed by atoms with E-state index < -0.39 is 10.0 Å². The number of carbonyl (C=O) groups is 1. The van der Waals surface area contributed by atoms with Crippen molar-refractivity contribution in [1.82, 2.24) is 4.72 Å². The highest BCUT2D eigenvalue weighted by atomic mass is 32.2. The molecule has 0 unspecified atom stereocenters. The van der Waals surface area contributed by atoms with Crippen molar-refractivity contribution in [3.05, 3.63) is 54.1 Å². The summed E-state index contributed by atoms with van der Waals surface area (Å²) in [5.74, 6) is -0.111. The van der Waals surface area contributed by atoms with Gasteiger partial charge in [-0.25, -0.2) is 13.1 Å². The van der Waals surface area contributed by atoms with E-state index in [4.69, 9.17) is 0 Å². The Bertz CT molecular complexity index is 898. The molecule has 1 aliphatic heterocycles. The predicted molar refractivity (Wildman–Crippen MR) is 105 cm³/mol. The Morgan fingerprint density at radius 2 is 1.92 bits per heavy atom. The molecule has 138 valence electrons. The maximum Gasteiger partial charge on any atom is 0.240 e. The molecule has 1 aliphatic rings. The third-order valence-electron chi connectivity index (χ3n) is 4.33. The summed E-state index contributed by atoms with van der Waals surface area (Å²) in [6.45, 7) is 3.78. The number of rotatable bonds is 6. The van der Waals surface area contributed by atoms with E-state index in [1.54, 1.807) is 12.1 Å². The molecule has 2 atom stereocenters. The van der Waals surface area contributed by atoms with Crippen molar-refractivity contribution in [2.24, 2.45) is 0 Å². The zero-order valence-corrected chi connectivity index (χ0v) is 16.4. The quantitative estimate of drug-likeness (QED) is 0.792.